The molecule has 6 heteroatoms. The molecule has 4 nitrogen and oxygen atoms in total. The second kappa shape index (κ2) is 5.90. The molecule has 2 N–H and O–H groups in total. The molecule has 0 saturated heterocycles. The lowest BCUT2D eigenvalue weighted by Gasteiger charge is -2.05. The highest BCUT2D eigenvalue weighted by Crippen LogP contribution is 2.12. The van der Waals surface area contributed by atoms with Crippen LogP contribution in [0.15, 0.2) is 23.6 Å². The first-order valence-corrected chi connectivity index (χ1v) is 6.57. The molecular weight excluding hydrogens is 267 g/mol. The fraction of sp³-hybridized carbons (Fsp3) is 0.231. The molecule has 0 aliphatic rings. The molecule has 2 rings (SSSR count). The van der Waals surface area contributed by atoms with Crippen LogP contribution < -0.4 is 5.32 Å². The Labute approximate surface area is 113 Å². The van der Waals surface area contributed by atoms with Crippen molar-refractivity contribution < 1.29 is 14.3 Å². The highest BCUT2D eigenvalue weighted by molar-refractivity contribution is 7.09. The molecule has 0 spiro atoms. The van der Waals surface area contributed by atoms with Gasteiger partial charge in [0.25, 0.3) is 0 Å². The van der Waals surface area contributed by atoms with E-state index in [0.717, 1.165) is 10.7 Å². The van der Waals surface area contributed by atoms with Crippen LogP contribution in [0.2, 0.25) is 0 Å². The molecule has 100 valence electrons. The number of hydrogen-bond donors (Lipinski definition) is 2. The zero-order valence-corrected chi connectivity index (χ0v) is 11.1. The highest BCUT2D eigenvalue weighted by atomic mass is 32.1. The number of aryl methyl sites for hydroxylation is 1. The molecule has 0 saturated carbocycles. The number of carbonyl (C=O) groups is 1. The molecule has 2 aromatic rings. The van der Waals surface area contributed by atoms with Gasteiger partial charge in [0.15, 0.2) is 0 Å². The number of hydrogen-bond acceptors (Lipinski definition) is 4. The van der Waals surface area contributed by atoms with Crippen LogP contribution >= 0.6 is 11.3 Å². The van der Waals surface area contributed by atoms with Gasteiger partial charge in [-0.15, -0.1) is 11.3 Å². The molecular formula is C13H13FN2O2S. The maximum atomic E-state index is 13.5. The van der Waals surface area contributed by atoms with Crippen molar-refractivity contribution in [3.8, 4) is 0 Å². The third kappa shape index (κ3) is 3.59. The van der Waals surface area contributed by atoms with E-state index in [2.05, 4.69) is 10.3 Å². The lowest BCUT2D eigenvalue weighted by Crippen LogP contribution is -2.14. The van der Waals surface area contributed by atoms with Crippen LogP contribution in [0.25, 0.3) is 0 Å². The molecule has 1 aromatic carbocycles. The Morgan fingerprint density at radius 2 is 2.26 bits per heavy atom. The van der Waals surface area contributed by atoms with E-state index in [1.807, 2.05) is 12.3 Å². The molecule has 19 heavy (non-hydrogen) atoms. The van der Waals surface area contributed by atoms with E-state index >= 15 is 0 Å². The smallest absolute Gasteiger partial charge is 0.335 e. The number of carboxylic acid groups (broad SMARTS) is 1. The Hall–Kier alpha value is -1.79. The number of nitrogens with one attached hydrogen (secondary N) is 1. The second-order valence-electron chi connectivity index (χ2n) is 4.10. The lowest BCUT2D eigenvalue weighted by molar-refractivity contribution is 0.0696. The summed E-state index contributed by atoms with van der Waals surface area (Å²) in [5, 5.41) is 14.8. The van der Waals surface area contributed by atoms with Crippen molar-refractivity contribution in [2.75, 3.05) is 0 Å². The quantitative estimate of drug-likeness (QED) is 0.883. The van der Waals surface area contributed by atoms with Crippen molar-refractivity contribution in [1.29, 1.82) is 0 Å². The van der Waals surface area contributed by atoms with E-state index in [1.54, 1.807) is 0 Å². The first-order valence-electron chi connectivity index (χ1n) is 5.69. The summed E-state index contributed by atoms with van der Waals surface area (Å²) in [6.45, 7) is 2.72. The summed E-state index contributed by atoms with van der Waals surface area (Å²) in [4.78, 5) is 15.1. The number of aromatic carboxylic acids is 1. The first-order chi connectivity index (χ1) is 9.06. The predicted octanol–water partition coefficient (Wildman–Crippen LogP) is 2.58. The molecule has 0 aliphatic heterocycles. The minimum Gasteiger partial charge on any atom is -0.478 e. The van der Waals surface area contributed by atoms with Gasteiger partial charge >= 0.3 is 5.97 Å². The van der Waals surface area contributed by atoms with Crippen molar-refractivity contribution >= 4 is 17.3 Å². The van der Waals surface area contributed by atoms with Gasteiger partial charge in [0.2, 0.25) is 0 Å². The van der Waals surface area contributed by atoms with E-state index in [1.165, 1.54) is 29.5 Å². The largest absolute Gasteiger partial charge is 0.478 e. The summed E-state index contributed by atoms with van der Waals surface area (Å²) in [5.74, 6) is -1.47. The monoisotopic (exact) mass is 280 g/mol. The molecule has 0 aliphatic carbocycles. The zero-order valence-electron chi connectivity index (χ0n) is 10.3. The summed E-state index contributed by atoms with van der Waals surface area (Å²) < 4.78 is 13.5. The van der Waals surface area contributed by atoms with Crippen LogP contribution in [-0.4, -0.2) is 16.1 Å². The van der Waals surface area contributed by atoms with Gasteiger partial charge in [-0.25, -0.2) is 14.2 Å². The fourth-order valence-electron chi connectivity index (χ4n) is 1.63. The van der Waals surface area contributed by atoms with E-state index in [9.17, 15) is 9.18 Å². The normalized spacial score (nSPS) is 10.6. The zero-order chi connectivity index (χ0) is 13.8. The van der Waals surface area contributed by atoms with Gasteiger partial charge in [-0.05, 0) is 25.1 Å². The summed E-state index contributed by atoms with van der Waals surface area (Å²) >= 11 is 1.54. The average molecular weight is 280 g/mol. The Morgan fingerprint density at radius 1 is 1.47 bits per heavy atom. The first kappa shape index (κ1) is 13.6. The average Bonchev–Trinajstić information content (AvgIpc) is 2.77. The van der Waals surface area contributed by atoms with Gasteiger partial charge in [0.1, 0.15) is 10.8 Å². The third-order valence-electron chi connectivity index (χ3n) is 2.55. The van der Waals surface area contributed by atoms with Crippen LogP contribution in [0.5, 0.6) is 0 Å². The maximum Gasteiger partial charge on any atom is 0.335 e. The molecule has 0 unspecified atom stereocenters. The number of carboxylic acids is 1. The van der Waals surface area contributed by atoms with Gasteiger partial charge in [-0.3, -0.25) is 0 Å². The SMILES string of the molecule is Cc1csc(CNCc2cc(C(=O)O)ccc2F)n1. The van der Waals surface area contributed by atoms with Gasteiger partial charge in [-0.1, -0.05) is 0 Å². The molecule has 0 amide bonds. The molecule has 1 aromatic heterocycles. The van der Waals surface area contributed by atoms with Crippen LogP contribution in [-0.2, 0) is 13.1 Å². The maximum absolute atomic E-state index is 13.5. The lowest BCUT2D eigenvalue weighted by atomic mass is 10.1. The van der Waals surface area contributed by atoms with E-state index < -0.39 is 11.8 Å². The summed E-state index contributed by atoms with van der Waals surface area (Å²) in [7, 11) is 0. The fourth-order valence-corrected chi connectivity index (χ4v) is 2.37. The summed E-state index contributed by atoms with van der Waals surface area (Å²) in [6.07, 6.45) is 0. The van der Waals surface area contributed by atoms with Crippen LogP contribution in [0.4, 0.5) is 4.39 Å². The van der Waals surface area contributed by atoms with Crippen molar-refractivity contribution in [3.05, 3.63) is 51.2 Å². The number of aromatic nitrogens is 1. The van der Waals surface area contributed by atoms with Gasteiger partial charge in [0.05, 0.1) is 5.56 Å². The van der Waals surface area contributed by atoms with Gasteiger partial charge in [-0.2, -0.15) is 0 Å². The molecule has 0 radical (unpaired) electrons. The Balaban J connectivity index is 1.99. The van der Waals surface area contributed by atoms with Gasteiger partial charge in [0, 0.05) is 29.7 Å². The molecule has 1 heterocycles. The third-order valence-corrected chi connectivity index (χ3v) is 3.52. The Morgan fingerprint density at radius 3 is 2.89 bits per heavy atom. The minimum absolute atomic E-state index is 0.0864. The van der Waals surface area contributed by atoms with Gasteiger partial charge < -0.3 is 10.4 Å². The van der Waals surface area contributed by atoms with Crippen molar-refractivity contribution in [3.63, 3.8) is 0 Å². The predicted molar refractivity (Wildman–Crippen MR) is 70.8 cm³/mol. The standard InChI is InChI=1S/C13H13FN2O2S/c1-8-7-19-12(16-8)6-15-5-10-4-9(13(17)18)2-3-11(10)14/h2-4,7,15H,5-6H2,1H3,(H,17,18). The van der Waals surface area contributed by atoms with E-state index in [0.29, 0.717) is 12.1 Å². The number of rotatable bonds is 5. The number of thiazole rings is 1. The second-order valence-corrected chi connectivity index (χ2v) is 5.04. The molecule has 0 bridgehead atoms. The Bertz CT molecular complexity index is 598. The topological polar surface area (TPSA) is 62.2 Å². The Kier molecular flexibility index (Phi) is 4.24. The van der Waals surface area contributed by atoms with Crippen molar-refractivity contribution in [2.45, 2.75) is 20.0 Å². The van der Waals surface area contributed by atoms with E-state index in [-0.39, 0.29) is 12.1 Å². The highest BCUT2D eigenvalue weighted by Gasteiger charge is 2.08. The summed E-state index contributed by atoms with van der Waals surface area (Å²) in [6, 6.07) is 3.77. The number of benzene rings is 1. The van der Waals surface area contributed by atoms with Crippen molar-refractivity contribution in [2.24, 2.45) is 0 Å². The van der Waals surface area contributed by atoms with Crippen molar-refractivity contribution in [1.82, 2.24) is 10.3 Å². The minimum atomic E-state index is -1.06. The molecule has 0 fully saturated rings. The van der Waals surface area contributed by atoms with Crippen LogP contribution in [0, 0.1) is 12.7 Å². The molecule has 0 atom stereocenters. The van der Waals surface area contributed by atoms with Crippen LogP contribution in [0.1, 0.15) is 26.6 Å². The summed E-state index contributed by atoms with van der Waals surface area (Å²) in [5.41, 5.74) is 1.39. The van der Waals surface area contributed by atoms with Crippen LogP contribution in [0.3, 0.4) is 0 Å². The number of halogens is 1. The number of nitrogens with zero attached hydrogens (tertiary/aromatic N) is 1. The van der Waals surface area contributed by atoms with E-state index in [4.69, 9.17) is 5.11 Å².